The Labute approximate surface area is 242 Å². The maximum absolute atomic E-state index is 15.2. The maximum Gasteiger partial charge on any atom is 0.253 e. The second kappa shape index (κ2) is 13.0. The van der Waals surface area contributed by atoms with E-state index in [4.69, 9.17) is 16.3 Å². The van der Waals surface area contributed by atoms with E-state index in [-0.39, 0.29) is 42.2 Å². The van der Waals surface area contributed by atoms with Crippen molar-refractivity contribution in [3.05, 3.63) is 89.5 Å². The summed E-state index contributed by atoms with van der Waals surface area (Å²) in [5.41, 5.74) is 5.14. The number of hydrazine groups is 1. The smallest absolute Gasteiger partial charge is 0.253 e. The third-order valence-electron chi connectivity index (χ3n) is 6.96. The van der Waals surface area contributed by atoms with Gasteiger partial charge in [0.1, 0.15) is 18.3 Å². The molecule has 3 aromatic carbocycles. The molecule has 41 heavy (non-hydrogen) atoms. The Hall–Kier alpha value is -3.54. The van der Waals surface area contributed by atoms with Gasteiger partial charge in [0.2, 0.25) is 15.9 Å². The molecule has 0 bridgehead atoms. The van der Waals surface area contributed by atoms with Crippen LogP contribution in [-0.2, 0) is 32.6 Å². The number of rotatable bonds is 10. The average Bonchev–Trinajstić information content (AvgIpc) is 3.34. The van der Waals surface area contributed by atoms with E-state index in [2.05, 4.69) is 15.6 Å². The fourth-order valence-corrected chi connectivity index (χ4v) is 6.02. The summed E-state index contributed by atoms with van der Waals surface area (Å²) in [7, 11) is -3.54. The predicted octanol–water partition coefficient (Wildman–Crippen LogP) is 4.23. The molecule has 1 aliphatic rings. The zero-order valence-corrected chi connectivity index (χ0v) is 23.8. The molecule has 2 amide bonds. The first kappa shape index (κ1) is 30.4. The number of hydrogen-bond acceptors (Lipinski definition) is 5. The summed E-state index contributed by atoms with van der Waals surface area (Å²) in [6.45, 7) is 0.0715. The molecule has 0 radical (unpaired) electrons. The molecule has 0 aromatic heterocycles. The number of halogens is 3. The van der Waals surface area contributed by atoms with Crippen LogP contribution in [0.15, 0.2) is 66.7 Å². The quantitative estimate of drug-likeness (QED) is 0.236. The Morgan fingerprint density at radius 2 is 1.73 bits per heavy atom. The Morgan fingerprint density at radius 3 is 2.44 bits per heavy atom. The van der Waals surface area contributed by atoms with Gasteiger partial charge in [0, 0.05) is 17.2 Å². The van der Waals surface area contributed by atoms with Gasteiger partial charge in [-0.15, -0.1) is 11.6 Å². The van der Waals surface area contributed by atoms with Crippen molar-refractivity contribution in [2.75, 3.05) is 12.1 Å². The molecule has 4 rings (SSSR count). The van der Waals surface area contributed by atoms with Crippen LogP contribution in [0.4, 0.5) is 8.78 Å². The molecule has 3 aromatic rings. The number of amides is 2. The molecule has 1 fully saturated rings. The number of carbonyl (C=O) groups is 2. The SMILES string of the molecule is CS(=O)(=O)N[C@H]1CC[C@](Cc2ccc(F)c(-c3cccc(F)c3OCc3ccccc3)c2)(C(=O)NNC(=O)CCl)C1. The molecule has 12 heteroatoms. The first-order chi connectivity index (χ1) is 19.5. The van der Waals surface area contributed by atoms with Gasteiger partial charge in [0.15, 0.2) is 11.6 Å². The number of para-hydroxylation sites is 1. The highest BCUT2D eigenvalue weighted by Crippen LogP contribution is 2.43. The molecule has 2 atom stereocenters. The summed E-state index contributed by atoms with van der Waals surface area (Å²) < 4.78 is 62.2. The Morgan fingerprint density at radius 1 is 0.976 bits per heavy atom. The predicted molar refractivity (Wildman–Crippen MR) is 151 cm³/mol. The second-order valence-electron chi connectivity index (χ2n) is 10.1. The van der Waals surface area contributed by atoms with Crippen molar-refractivity contribution < 1.29 is 31.5 Å². The highest BCUT2D eigenvalue weighted by atomic mass is 35.5. The van der Waals surface area contributed by atoms with Gasteiger partial charge in [-0.2, -0.15) is 0 Å². The maximum atomic E-state index is 15.2. The van der Waals surface area contributed by atoms with E-state index < -0.39 is 44.9 Å². The number of carbonyl (C=O) groups excluding carboxylic acids is 2. The van der Waals surface area contributed by atoms with Gasteiger partial charge in [-0.25, -0.2) is 21.9 Å². The van der Waals surface area contributed by atoms with Gasteiger partial charge >= 0.3 is 0 Å². The average molecular weight is 606 g/mol. The number of alkyl halides is 1. The molecule has 1 aliphatic carbocycles. The second-order valence-corrected chi connectivity index (χ2v) is 12.2. The van der Waals surface area contributed by atoms with Crippen LogP contribution in [0.1, 0.15) is 30.4 Å². The first-order valence-electron chi connectivity index (χ1n) is 12.9. The standard InChI is InChI=1S/C29H30ClF2N3O5S/c1-41(38,39)35-21-12-13-29(16-21,28(37)34-33-26(36)17-30)15-20-10-11-24(31)23(14-20)22-8-5-9-25(32)27(22)40-18-19-6-3-2-4-7-19/h2-11,14,21,35H,12-13,15-18H2,1H3,(H,33,36)(H,34,37)/t21-,29+/m0/s1. The van der Waals surface area contributed by atoms with Crippen molar-refractivity contribution >= 4 is 33.4 Å². The minimum atomic E-state index is -3.54. The van der Waals surface area contributed by atoms with E-state index in [1.165, 1.54) is 30.3 Å². The number of benzene rings is 3. The summed E-state index contributed by atoms with van der Waals surface area (Å²) in [5.74, 6) is -2.88. The van der Waals surface area contributed by atoms with E-state index in [1.807, 2.05) is 30.3 Å². The van der Waals surface area contributed by atoms with Crippen molar-refractivity contribution in [1.29, 1.82) is 0 Å². The summed E-state index contributed by atoms with van der Waals surface area (Å²) >= 11 is 5.51. The zero-order chi connectivity index (χ0) is 29.6. The van der Waals surface area contributed by atoms with Crippen LogP contribution in [0.3, 0.4) is 0 Å². The number of ether oxygens (including phenoxy) is 1. The normalized spacial score (nSPS) is 18.6. The van der Waals surface area contributed by atoms with Gasteiger partial charge in [0.25, 0.3) is 5.91 Å². The molecule has 0 saturated heterocycles. The minimum absolute atomic E-state index is 0.0715. The first-order valence-corrected chi connectivity index (χ1v) is 15.3. The molecule has 3 N–H and O–H groups in total. The lowest BCUT2D eigenvalue weighted by Crippen LogP contribution is -2.50. The third-order valence-corrected chi connectivity index (χ3v) is 7.97. The van der Waals surface area contributed by atoms with Gasteiger partial charge in [-0.1, -0.05) is 48.5 Å². The molecule has 0 aliphatic heterocycles. The summed E-state index contributed by atoms with van der Waals surface area (Å²) in [5, 5.41) is 0. The van der Waals surface area contributed by atoms with Gasteiger partial charge in [-0.3, -0.25) is 20.4 Å². The Bertz CT molecular complexity index is 1520. The Kier molecular flexibility index (Phi) is 9.62. The van der Waals surface area contributed by atoms with Crippen LogP contribution in [-0.4, -0.2) is 38.4 Å². The van der Waals surface area contributed by atoms with E-state index in [0.717, 1.165) is 11.8 Å². The number of sulfonamides is 1. The van der Waals surface area contributed by atoms with Gasteiger partial charge in [0.05, 0.1) is 11.7 Å². The van der Waals surface area contributed by atoms with E-state index >= 15 is 4.39 Å². The van der Waals surface area contributed by atoms with Crippen molar-refractivity contribution in [2.24, 2.45) is 5.41 Å². The molecule has 0 spiro atoms. The molecular weight excluding hydrogens is 576 g/mol. The fraction of sp³-hybridized carbons (Fsp3) is 0.310. The summed E-state index contributed by atoms with van der Waals surface area (Å²) in [6.07, 6.45) is 1.94. The molecule has 8 nitrogen and oxygen atoms in total. The van der Waals surface area contributed by atoms with Crippen LogP contribution in [0.5, 0.6) is 5.75 Å². The topological polar surface area (TPSA) is 114 Å². The van der Waals surface area contributed by atoms with Gasteiger partial charge < -0.3 is 4.74 Å². The largest absolute Gasteiger partial charge is 0.485 e. The van der Waals surface area contributed by atoms with E-state index in [0.29, 0.717) is 18.4 Å². The van der Waals surface area contributed by atoms with Crippen molar-refractivity contribution in [2.45, 2.75) is 38.3 Å². The molecule has 1 saturated carbocycles. The number of nitrogens with one attached hydrogen (secondary N) is 3. The fourth-order valence-electron chi connectivity index (χ4n) is 5.15. The zero-order valence-electron chi connectivity index (χ0n) is 22.3. The molecule has 0 unspecified atom stereocenters. The van der Waals surface area contributed by atoms with Crippen LogP contribution in [0, 0.1) is 17.0 Å². The monoisotopic (exact) mass is 605 g/mol. The van der Waals surface area contributed by atoms with Crippen LogP contribution in [0.25, 0.3) is 11.1 Å². The lowest BCUT2D eigenvalue weighted by Gasteiger charge is -2.29. The van der Waals surface area contributed by atoms with Crippen LogP contribution >= 0.6 is 11.6 Å². The van der Waals surface area contributed by atoms with E-state index in [1.54, 1.807) is 6.07 Å². The lowest BCUT2D eigenvalue weighted by molar-refractivity contribution is -0.135. The highest BCUT2D eigenvalue weighted by molar-refractivity contribution is 7.88. The molecule has 0 heterocycles. The molecule has 218 valence electrons. The van der Waals surface area contributed by atoms with Crippen molar-refractivity contribution in [1.82, 2.24) is 15.6 Å². The lowest BCUT2D eigenvalue weighted by atomic mass is 9.78. The van der Waals surface area contributed by atoms with Gasteiger partial charge in [-0.05, 0) is 55.0 Å². The molecular formula is C29H30ClF2N3O5S. The van der Waals surface area contributed by atoms with E-state index in [9.17, 15) is 22.4 Å². The number of hydrogen-bond donors (Lipinski definition) is 3. The minimum Gasteiger partial charge on any atom is -0.485 e. The third kappa shape index (κ3) is 7.81. The highest BCUT2D eigenvalue weighted by Gasteiger charge is 2.46. The van der Waals surface area contributed by atoms with Crippen molar-refractivity contribution in [3.63, 3.8) is 0 Å². The van der Waals surface area contributed by atoms with Crippen LogP contribution in [0.2, 0.25) is 0 Å². The summed E-state index contributed by atoms with van der Waals surface area (Å²) in [6, 6.07) is 17.2. The summed E-state index contributed by atoms with van der Waals surface area (Å²) in [4.78, 5) is 25.0. The van der Waals surface area contributed by atoms with Crippen LogP contribution < -0.4 is 20.3 Å². The Balaban J connectivity index is 1.65. The van der Waals surface area contributed by atoms with Crippen molar-refractivity contribution in [3.8, 4) is 16.9 Å².